The minimum absolute atomic E-state index is 0.0697. The Balaban J connectivity index is 1.76. The van der Waals surface area contributed by atoms with E-state index in [0.717, 1.165) is 5.69 Å². The van der Waals surface area contributed by atoms with E-state index >= 15 is 0 Å². The predicted octanol–water partition coefficient (Wildman–Crippen LogP) is 4.02. The number of nitrogens with zero attached hydrogens (tertiary/aromatic N) is 4. The lowest BCUT2D eigenvalue weighted by Crippen LogP contribution is -2.37. The number of aromatic nitrogens is 2. The smallest absolute Gasteiger partial charge is 0.269 e. The summed E-state index contributed by atoms with van der Waals surface area (Å²) in [5.74, 6) is 1.13. The summed E-state index contributed by atoms with van der Waals surface area (Å²) >= 11 is 0. The maximum absolute atomic E-state index is 12.7. The number of guanidine groups is 1. The lowest BCUT2D eigenvalue weighted by molar-refractivity contribution is -0.384. The van der Waals surface area contributed by atoms with Crippen molar-refractivity contribution in [3.8, 4) is 0 Å². The zero-order valence-corrected chi connectivity index (χ0v) is 17.4. The fourth-order valence-electron chi connectivity index (χ4n) is 3.42. The maximum Gasteiger partial charge on any atom is 0.269 e. The lowest BCUT2D eigenvalue weighted by atomic mass is 10.0. The number of aliphatic imine (C=N–C) groups is 1. The van der Waals surface area contributed by atoms with Crippen LogP contribution in [0.5, 0.6) is 0 Å². The number of rotatable bonds is 4. The van der Waals surface area contributed by atoms with Gasteiger partial charge in [0.05, 0.1) is 4.92 Å². The van der Waals surface area contributed by atoms with Crippen LogP contribution in [0.1, 0.15) is 42.8 Å². The summed E-state index contributed by atoms with van der Waals surface area (Å²) in [6.45, 7) is 5.98. The molecule has 1 aliphatic rings. The van der Waals surface area contributed by atoms with Crippen LogP contribution in [0.2, 0.25) is 0 Å². The molecule has 0 bridgehead atoms. The normalized spacial score (nSPS) is 15.1. The third kappa shape index (κ3) is 4.16. The van der Waals surface area contributed by atoms with E-state index in [1.165, 1.54) is 28.3 Å². The molecule has 31 heavy (non-hydrogen) atoms. The van der Waals surface area contributed by atoms with Gasteiger partial charge in [0.1, 0.15) is 0 Å². The van der Waals surface area contributed by atoms with Gasteiger partial charge in [-0.3, -0.25) is 24.8 Å². The summed E-state index contributed by atoms with van der Waals surface area (Å²) in [6, 6.07) is 15.5. The number of anilines is 2. The van der Waals surface area contributed by atoms with Gasteiger partial charge in [0.25, 0.3) is 11.2 Å². The van der Waals surface area contributed by atoms with Gasteiger partial charge in [-0.25, -0.2) is 9.98 Å². The zero-order chi connectivity index (χ0) is 22.1. The van der Waals surface area contributed by atoms with Crippen LogP contribution in [0.3, 0.4) is 0 Å². The van der Waals surface area contributed by atoms with Crippen molar-refractivity contribution in [1.29, 1.82) is 0 Å². The number of nitro groups is 1. The average molecular weight is 418 g/mol. The number of benzene rings is 2. The van der Waals surface area contributed by atoms with Crippen LogP contribution in [0.4, 0.5) is 17.3 Å². The highest BCUT2D eigenvalue weighted by Crippen LogP contribution is 2.28. The van der Waals surface area contributed by atoms with E-state index in [9.17, 15) is 14.9 Å². The summed E-state index contributed by atoms with van der Waals surface area (Å²) < 4.78 is 1.39. The van der Waals surface area contributed by atoms with Gasteiger partial charge < -0.3 is 5.32 Å². The molecule has 1 atom stereocenters. The Bertz CT molecular complexity index is 1230. The van der Waals surface area contributed by atoms with E-state index in [2.05, 4.69) is 34.5 Å². The second-order valence-corrected chi connectivity index (χ2v) is 7.66. The molecule has 9 heteroatoms. The molecule has 2 heterocycles. The Morgan fingerprint density at radius 2 is 1.90 bits per heavy atom. The molecule has 0 fully saturated rings. The maximum atomic E-state index is 12.7. The number of non-ortho nitro benzene ring substituents is 1. The summed E-state index contributed by atoms with van der Waals surface area (Å²) in [5, 5.41) is 17.5. The Kier molecular flexibility index (Phi) is 5.24. The van der Waals surface area contributed by atoms with Crippen molar-refractivity contribution in [2.75, 3.05) is 10.6 Å². The van der Waals surface area contributed by atoms with E-state index in [1.54, 1.807) is 19.1 Å². The molecule has 9 nitrogen and oxygen atoms in total. The van der Waals surface area contributed by atoms with Gasteiger partial charge in [-0.2, -0.15) is 0 Å². The molecular weight excluding hydrogens is 396 g/mol. The van der Waals surface area contributed by atoms with Gasteiger partial charge in [0.15, 0.2) is 6.17 Å². The van der Waals surface area contributed by atoms with Crippen LogP contribution in [0.15, 0.2) is 64.4 Å². The number of nitro benzene ring substituents is 1. The van der Waals surface area contributed by atoms with Crippen molar-refractivity contribution in [1.82, 2.24) is 9.55 Å². The Morgan fingerprint density at radius 3 is 2.58 bits per heavy atom. The molecule has 3 aromatic rings. The Hall–Kier alpha value is -4.01. The molecule has 0 saturated carbocycles. The number of fused-ring (bicyclic) bond motifs is 1. The largest absolute Gasteiger partial charge is 0.326 e. The third-order valence-electron chi connectivity index (χ3n) is 5.03. The highest BCUT2D eigenvalue weighted by atomic mass is 16.6. The summed E-state index contributed by atoms with van der Waals surface area (Å²) in [7, 11) is 0. The predicted molar refractivity (Wildman–Crippen MR) is 120 cm³/mol. The molecule has 158 valence electrons. The molecule has 1 aromatic heterocycles. The van der Waals surface area contributed by atoms with E-state index in [4.69, 9.17) is 0 Å². The first-order valence-corrected chi connectivity index (χ1v) is 9.88. The van der Waals surface area contributed by atoms with E-state index in [1.807, 2.05) is 24.3 Å². The van der Waals surface area contributed by atoms with Crippen LogP contribution < -0.4 is 16.2 Å². The highest BCUT2D eigenvalue weighted by molar-refractivity contribution is 6.03. The summed E-state index contributed by atoms with van der Waals surface area (Å²) in [6.07, 6.45) is -0.797. The lowest BCUT2D eigenvalue weighted by Gasteiger charge is -2.27. The first-order valence-electron chi connectivity index (χ1n) is 9.88. The van der Waals surface area contributed by atoms with Gasteiger partial charge in [-0.1, -0.05) is 38.1 Å². The second kappa shape index (κ2) is 8.02. The van der Waals surface area contributed by atoms with Crippen molar-refractivity contribution in [2.45, 2.75) is 32.9 Å². The highest BCUT2D eigenvalue weighted by Gasteiger charge is 2.26. The van der Waals surface area contributed by atoms with E-state index < -0.39 is 11.1 Å². The van der Waals surface area contributed by atoms with Crippen LogP contribution >= 0.6 is 0 Å². The molecule has 2 aromatic carbocycles. The number of hydrogen-bond acceptors (Lipinski definition) is 7. The molecular formula is C22H22N6O3. The molecule has 0 saturated heterocycles. The number of aryl methyl sites for hydroxylation is 1. The molecule has 4 rings (SSSR count). The first kappa shape index (κ1) is 20.3. The average Bonchev–Trinajstić information content (AvgIpc) is 2.73. The quantitative estimate of drug-likeness (QED) is 0.488. The van der Waals surface area contributed by atoms with Gasteiger partial charge in [-0.05, 0) is 30.5 Å². The fourth-order valence-corrected chi connectivity index (χ4v) is 3.42. The molecule has 0 unspecified atom stereocenters. The van der Waals surface area contributed by atoms with Gasteiger partial charge in [0.2, 0.25) is 11.9 Å². The topological polar surface area (TPSA) is 114 Å². The molecule has 0 aliphatic carbocycles. The van der Waals surface area contributed by atoms with Crippen LogP contribution in [-0.2, 0) is 0 Å². The van der Waals surface area contributed by atoms with Crippen LogP contribution in [0, 0.1) is 17.0 Å². The second-order valence-electron chi connectivity index (χ2n) is 7.66. The van der Waals surface area contributed by atoms with Gasteiger partial charge >= 0.3 is 0 Å². The minimum Gasteiger partial charge on any atom is -0.326 e. The Morgan fingerprint density at radius 1 is 1.16 bits per heavy atom. The van der Waals surface area contributed by atoms with Crippen molar-refractivity contribution in [2.24, 2.45) is 4.99 Å². The molecule has 0 amide bonds. The van der Waals surface area contributed by atoms with Crippen molar-refractivity contribution < 1.29 is 4.92 Å². The van der Waals surface area contributed by atoms with Crippen molar-refractivity contribution >= 4 is 23.3 Å². The van der Waals surface area contributed by atoms with Crippen molar-refractivity contribution in [3.05, 3.63) is 91.9 Å². The molecule has 1 aliphatic heterocycles. The Labute approximate surface area is 178 Å². The zero-order valence-electron chi connectivity index (χ0n) is 17.4. The fraction of sp³-hybridized carbons (Fsp3) is 0.227. The van der Waals surface area contributed by atoms with Crippen LogP contribution in [-0.4, -0.2) is 20.4 Å². The van der Waals surface area contributed by atoms with Crippen molar-refractivity contribution in [3.63, 3.8) is 0 Å². The monoisotopic (exact) mass is 418 g/mol. The molecule has 0 radical (unpaired) electrons. The summed E-state index contributed by atoms with van der Waals surface area (Å²) in [4.78, 5) is 32.5. The minimum atomic E-state index is -0.797. The van der Waals surface area contributed by atoms with Crippen LogP contribution in [0.25, 0.3) is 0 Å². The van der Waals surface area contributed by atoms with Gasteiger partial charge in [-0.15, -0.1) is 0 Å². The number of hydrogen-bond donors (Lipinski definition) is 2. The SMILES string of the molecule is Cc1cc(=O)n2c(n1)NC(Nc1ccc(C(C)C)cc1)=N[C@H]2c1cccc([N+](=O)[O-])c1. The van der Waals surface area contributed by atoms with E-state index in [0.29, 0.717) is 29.1 Å². The first-order chi connectivity index (χ1) is 14.8. The summed E-state index contributed by atoms with van der Waals surface area (Å²) in [5.41, 5.74) is 2.74. The van der Waals surface area contributed by atoms with E-state index in [-0.39, 0.29) is 11.2 Å². The third-order valence-corrected chi connectivity index (χ3v) is 5.03. The van der Waals surface area contributed by atoms with Gasteiger partial charge in [0, 0.05) is 35.1 Å². The number of nitrogens with one attached hydrogen (secondary N) is 2. The molecule has 0 spiro atoms. The standard InChI is InChI=1S/C22H22N6O3/c1-13(2)15-7-9-17(10-8-15)24-21-25-20(16-5-4-6-18(12-16)28(30)31)27-19(29)11-14(3)23-22(27)26-21/h4-13,20H,1-3H3,(H2,23,24,25,26)/t20-/m1/s1. The molecule has 2 N–H and O–H groups in total.